The normalized spacial score (nSPS) is 14.2. The van der Waals surface area contributed by atoms with E-state index >= 15 is 0 Å². The van der Waals surface area contributed by atoms with Crippen molar-refractivity contribution in [1.82, 2.24) is 4.90 Å². The van der Waals surface area contributed by atoms with Gasteiger partial charge in [-0.2, -0.15) is 0 Å². The second-order valence-electron chi connectivity index (χ2n) is 6.71. The summed E-state index contributed by atoms with van der Waals surface area (Å²) in [6.45, 7) is 2.96. The van der Waals surface area contributed by atoms with Crippen molar-refractivity contribution in [3.63, 3.8) is 0 Å². The van der Waals surface area contributed by atoms with E-state index < -0.39 is 34.5 Å². The quantitative estimate of drug-likeness (QED) is 0.661. The second kappa shape index (κ2) is 9.05. The van der Waals surface area contributed by atoms with Crippen molar-refractivity contribution >= 4 is 35.0 Å². The van der Waals surface area contributed by atoms with Crippen LogP contribution in [0.4, 0.5) is 0 Å². The Morgan fingerprint density at radius 2 is 1.53 bits per heavy atom. The Morgan fingerprint density at radius 3 is 2.10 bits per heavy atom. The summed E-state index contributed by atoms with van der Waals surface area (Å²) in [5, 5.41) is -0.392. The number of carbonyl (C=O) groups is 4. The van der Waals surface area contributed by atoms with Crippen LogP contribution in [0.1, 0.15) is 40.1 Å². The first-order valence-electron chi connectivity index (χ1n) is 9.45. The van der Waals surface area contributed by atoms with Gasteiger partial charge in [0.2, 0.25) is 17.5 Å². The summed E-state index contributed by atoms with van der Waals surface area (Å²) in [7, 11) is 0. The summed E-state index contributed by atoms with van der Waals surface area (Å²) in [4.78, 5) is 52.4. The van der Waals surface area contributed by atoms with E-state index in [2.05, 4.69) is 0 Å². The molecular formula is C23H20ClNO5. The lowest BCUT2D eigenvalue weighted by Crippen LogP contribution is -2.48. The Kier molecular flexibility index (Phi) is 6.47. The first kappa shape index (κ1) is 21.5. The molecule has 1 amide bonds. The fraction of sp³-hybridized carbons (Fsp3) is 0.217. The maximum Gasteiger partial charge on any atom is 0.329 e. The van der Waals surface area contributed by atoms with Crippen molar-refractivity contribution in [2.75, 3.05) is 6.61 Å². The van der Waals surface area contributed by atoms with E-state index in [-0.39, 0.29) is 29.9 Å². The number of ether oxygens (including phenoxy) is 1. The number of nitrogens with zero attached hydrogens (tertiary/aromatic N) is 1. The first-order chi connectivity index (χ1) is 14.4. The van der Waals surface area contributed by atoms with Crippen molar-refractivity contribution in [3.05, 3.63) is 82.0 Å². The number of allylic oxidation sites excluding steroid dienone is 2. The minimum Gasteiger partial charge on any atom is -0.464 e. The molecular weight excluding hydrogens is 406 g/mol. The van der Waals surface area contributed by atoms with Crippen LogP contribution < -0.4 is 0 Å². The zero-order valence-corrected chi connectivity index (χ0v) is 17.3. The minimum atomic E-state index is -1.16. The average molecular weight is 426 g/mol. The first-order valence-corrected chi connectivity index (χ1v) is 9.83. The van der Waals surface area contributed by atoms with Crippen LogP contribution in [0.15, 0.2) is 65.3 Å². The van der Waals surface area contributed by atoms with Crippen LogP contribution in [0.2, 0.25) is 0 Å². The SMILES string of the molecule is CCOC(=O)C(Cc1ccccc1)N(C(C)=O)C1=C(Cl)C(=O)c2ccccc2C1=O. The molecule has 3 rings (SSSR count). The van der Waals surface area contributed by atoms with Crippen LogP contribution in [0, 0.1) is 0 Å². The molecule has 0 fully saturated rings. The van der Waals surface area contributed by atoms with Gasteiger partial charge in [0.1, 0.15) is 16.8 Å². The van der Waals surface area contributed by atoms with Gasteiger partial charge in [-0.1, -0.05) is 66.2 Å². The predicted molar refractivity (Wildman–Crippen MR) is 111 cm³/mol. The Bertz CT molecular complexity index is 1040. The van der Waals surface area contributed by atoms with E-state index in [0.29, 0.717) is 0 Å². The van der Waals surface area contributed by atoms with Gasteiger partial charge >= 0.3 is 5.97 Å². The average Bonchev–Trinajstić information content (AvgIpc) is 2.74. The molecule has 0 saturated heterocycles. The highest BCUT2D eigenvalue weighted by atomic mass is 35.5. The summed E-state index contributed by atoms with van der Waals surface area (Å²) in [6, 6.07) is 14.1. The van der Waals surface area contributed by atoms with Crippen LogP contribution in [0.3, 0.4) is 0 Å². The second-order valence-corrected chi connectivity index (χ2v) is 7.09. The third kappa shape index (κ3) is 4.04. The molecule has 2 aromatic carbocycles. The molecule has 6 nitrogen and oxygen atoms in total. The molecule has 0 saturated carbocycles. The van der Waals surface area contributed by atoms with Gasteiger partial charge in [-0.3, -0.25) is 19.3 Å². The van der Waals surface area contributed by atoms with Crippen molar-refractivity contribution in [2.45, 2.75) is 26.3 Å². The zero-order chi connectivity index (χ0) is 21.8. The number of hydrogen-bond donors (Lipinski definition) is 0. The molecule has 2 aromatic rings. The lowest BCUT2D eigenvalue weighted by Gasteiger charge is -2.33. The van der Waals surface area contributed by atoms with Crippen molar-refractivity contribution in [2.24, 2.45) is 0 Å². The zero-order valence-electron chi connectivity index (χ0n) is 16.6. The number of rotatable bonds is 6. The summed E-state index contributed by atoms with van der Waals surface area (Å²) >= 11 is 6.29. The Balaban J connectivity index is 2.13. The highest BCUT2D eigenvalue weighted by Gasteiger charge is 2.41. The smallest absolute Gasteiger partial charge is 0.329 e. The number of benzene rings is 2. The molecule has 0 aromatic heterocycles. The van der Waals surface area contributed by atoms with Gasteiger partial charge in [-0.15, -0.1) is 0 Å². The Morgan fingerprint density at radius 1 is 0.967 bits per heavy atom. The third-order valence-electron chi connectivity index (χ3n) is 4.76. The van der Waals surface area contributed by atoms with Gasteiger partial charge in [0, 0.05) is 24.5 Å². The monoisotopic (exact) mass is 425 g/mol. The Labute approximate surface area is 179 Å². The van der Waals surface area contributed by atoms with Crippen LogP contribution in [-0.2, 0) is 20.7 Å². The summed E-state index contributed by atoms with van der Waals surface area (Å²) in [6.07, 6.45) is 0.0933. The number of Topliss-reactive ketones (excluding diaryl/α,β-unsaturated/α-hetero) is 2. The maximum atomic E-state index is 13.2. The number of amides is 1. The molecule has 0 aliphatic heterocycles. The predicted octanol–water partition coefficient (Wildman–Crippen LogP) is 3.54. The van der Waals surface area contributed by atoms with Crippen molar-refractivity contribution in [3.8, 4) is 0 Å². The molecule has 0 spiro atoms. The fourth-order valence-electron chi connectivity index (χ4n) is 3.44. The summed E-state index contributed by atoms with van der Waals surface area (Å²) < 4.78 is 5.17. The molecule has 0 radical (unpaired) electrons. The van der Waals surface area contributed by atoms with Gasteiger partial charge in [0.25, 0.3) is 0 Å². The molecule has 154 valence electrons. The van der Waals surface area contributed by atoms with Crippen LogP contribution in [0.25, 0.3) is 0 Å². The van der Waals surface area contributed by atoms with Gasteiger partial charge in [0.15, 0.2) is 0 Å². The number of hydrogen-bond acceptors (Lipinski definition) is 5. The van der Waals surface area contributed by atoms with E-state index in [1.54, 1.807) is 43.3 Å². The highest BCUT2D eigenvalue weighted by Crippen LogP contribution is 2.32. The molecule has 1 aliphatic rings. The van der Waals surface area contributed by atoms with Gasteiger partial charge < -0.3 is 4.74 Å². The van der Waals surface area contributed by atoms with E-state index in [1.807, 2.05) is 6.07 Å². The lowest BCUT2D eigenvalue weighted by atomic mass is 9.90. The fourth-order valence-corrected chi connectivity index (χ4v) is 3.71. The molecule has 7 heteroatoms. The largest absolute Gasteiger partial charge is 0.464 e. The van der Waals surface area contributed by atoms with Crippen molar-refractivity contribution in [1.29, 1.82) is 0 Å². The van der Waals surface area contributed by atoms with Crippen LogP contribution >= 0.6 is 11.6 Å². The van der Waals surface area contributed by atoms with Crippen molar-refractivity contribution < 1.29 is 23.9 Å². The standard InChI is InChI=1S/C23H20ClNO5/c1-3-30-23(29)18(13-15-9-5-4-6-10-15)25(14(2)26)20-19(24)21(27)16-11-7-8-12-17(16)22(20)28/h4-12,18H,3,13H2,1-2H3. The topological polar surface area (TPSA) is 80.8 Å². The molecule has 1 aliphatic carbocycles. The van der Waals surface area contributed by atoms with Gasteiger partial charge in [-0.25, -0.2) is 4.79 Å². The number of carbonyl (C=O) groups excluding carboxylic acids is 4. The lowest BCUT2D eigenvalue weighted by molar-refractivity contribution is -0.152. The number of ketones is 2. The summed E-state index contributed by atoms with van der Waals surface area (Å²) in [5.41, 5.74) is 0.751. The molecule has 1 unspecified atom stereocenters. The van der Waals surface area contributed by atoms with E-state index in [4.69, 9.17) is 16.3 Å². The maximum absolute atomic E-state index is 13.2. The molecule has 0 bridgehead atoms. The van der Waals surface area contributed by atoms with Gasteiger partial charge in [0.05, 0.1) is 6.61 Å². The molecule has 1 atom stereocenters. The molecule has 0 N–H and O–H groups in total. The van der Waals surface area contributed by atoms with E-state index in [0.717, 1.165) is 10.5 Å². The number of fused-ring (bicyclic) bond motifs is 1. The Hall–Kier alpha value is -3.25. The molecule has 0 heterocycles. The number of esters is 1. The van der Waals surface area contributed by atoms with Gasteiger partial charge in [-0.05, 0) is 12.5 Å². The minimum absolute atomic E-state index is 0.0933. The summed E-state index contributed by atoms with van der Waals surface area (Å²) in [5.74, 6) is -2.45. The molecule has 30 heavy (non-hydrogen) atoms. The van der Waals surface area contributed by atoms with E-state index in [9.17, 15) is 19.2 Å². The third-order valence-corrected chi connectivity index (χ3v) is 5.11. The number of halogens is 1. The van der Waals surface area contributed by atoms with Crippen LogP contribution in [-0.4, -0.2) is 41.0 Å². The van der Waals surface area contributed by atoms with Crippen LogP contribution in [0.5, 0.6) is 0 Å². The van der Waals surface area contributed by atoms with E-state index in [1.165, 1.54) is 19.1 Å². The highest BCUT2D eigenvalue weighted by molar-refractivity contribution is 6.50.